The highest BCUT2D eigenvalue weighted by molar-refractivity contribution is 9.10. The van der Waals surface area contributed by atoms with Crippen LogP contribution in [0.15, 0.2) is 4.47 Å². The molecule has 0 saturated carbocycles. The van der Waals surface area contributed by atoms with Crippen LogP contribution in [-0.4, -0.2) is 33.2 Å². The molecule has 1 rings (SSSR count). The Labute approximate surface area is 124 Å². The van der Waals surface area contributed by atoms with E-state index < -0.39 is 5.41 Å². The first-order chi connectivity index (χ1) is 8.89. The van der Waals surface area contributed by atoms with Crippen molar-refractivity contribution in [2.45, 2.75) is 40.0 Å². The van der Waals surface area contributed by atoms with E-state index in [0.717, 1.165) is 28.7 Å². The van der Waals surface area contributed by atoms with Crippen LogP contribution in [0.5, 0.6) is 0 Å². The van der Waals surface area contributed by atoms with E-state index in [1.165, 1.54) is 0 Å². The molecule has 0 radical (unpaired) electrons. The van der Waals surface area contributed by atoms with Gasteiger partial charge in [0.05, 0.1) is 29.1 Å². The van der Waals surface area contributed by atoms with Gasteiger partial charge in [-0.15, -0.1) is 0 Å². The summed E-state index contributed by atoms with van der Waals surface area (Å²) in [5.74, 6) is 0.428. The van der Waals surface area contributed by atoms with E-state index in [9.17, 15) is 10.2 Å². The molecule has 0 atom stereocenters. The number of aliphatic hydroxyl groups excluding tert-OH is 2. The number of aromatic nitrogens is 2. The summed E-state index contributed by atoms with van der Waals surface area (Å²) >= 11 is 3.59. The number of aryl methyl sites for hydroxylation is 2. The van der Waals surface area contributed by atoms with E-state index in [-0.39, 0.29) is 13.2 Å². The van der Waals surface area contributed by atoms with Gasteiger partial charge in [-0.3, -0.25) is 4.68 Å². The lowest BCUT2D eigenvalue weighted by molar-refractivity contribution is 0.0354. The summed E-state index contributed by atoms with van der Waals surface area (Å²) in [7, 11) is 1.91. The Bertz CT molecular complexity index is 412. The summed E-state index contributed by atoms with van der Waals surface area (Å²) in [6.45, 7) is 6.25. The zero-order valence-electron chi connectivity index (χ0n) is 12.3. The third kappa shape index (κ3) is 3.80. The van der Waals surface area contributed by atoms with Crippen molar-refractivity contribution in [1.82, 2.24) is 9.78 Å². The van der Waals surface area contributed by atoms with Crippen molar-refractivity contribution >= 4 is 15.9 Å². The van der Waals surface area contributed by atoms with Crippen molar-refractivity contribution in [3.63, 3.8) is 0 Å². The molecular weight excluding hydrogens is 308 g/mol. The van der Waals surface area contributed by atoms with E-state index in [2.05, 4.69) is 41.8 Å². The van der Waals surface area contributed by atoms with Gasteiger partial charge in [0.15, 0.2) is 0 Å². The number of aliphatic hydroxyl groups is 2. The van der Waals surface area contributed by atoms with Gasteiger partial charge in [0.25, 0.3) is 0 Å². The zero-order valence-corrected chi connectivity index (χ0v) is 13.9. The summed E-state index contributed by atoms with van der Waals surface area (Å²) in [6.07, 6.45) is 2.28. The molecule has 4 nitrogen and oxygen atoms in total. The number of rotatable bonds is 7. The van der Waals surface area contributed by atoms with E-state index in [1.807, 2.05) is 11.7 Å². The molecule has 0 spiro atoms. The summed E-state index contributed by atoms with van der Waals surface area (Å²) in [5.41, 5.74) is 1.59. The molecule has 0 amide bonds. The lowest BCUT2D eigenvalue weighted by atomic mass is 9.77. The Morgan fingerprint density at radius 2 is 1.89 bits per heavy atom. The van der Waals surface area contributed by atoms with Crippen molar-refractivity contribution in [3.8, 4) is 0 Å². The third-order valence-corrected chi connectivity index (χ3v) is 4.47. The van der Waals surface area contributed by atoms with Crippen LogP contribution in [0.25, 0.3) is 0 Å². The first-order valence-corrected chi connectivity index (χ1v) is 7.60. The van der Waals surface area contributed by atoms with Crippen molar-refractivity contribution in [1.29, 1.82) is 0 Å². The van der Waals surface area contributed by atoms with E-state index >= 15 is 0 Å². The molecule has 0 aliphatic rings. The van der Waals surface area contributed by atoms with Crippen LogP contribution in [0.2, 0.25) is 0 Å². The van der Waals surface area contributed by atoms with Gasteiger partial charge in [0.2, 0.25) is 0 Å². The molecule has 0 unspecified atom stereocenters. The van der Waals surface area contributed by atoms with Crippen LogP contribution in [0, 0.1) is 11.3 Å². The first-order valence-electron chi connectivity index (χ1n) is 6.81. The Morgan fingerprint density at radius 3 is 2.26 bits per heavy atom. The van der Waals surface area contributed by atoms with Crippen LogP contribution < -0.4 is 0 Å². The van der Waals surface area contributed by atoms with Crippen LogP contribution in [-0.2, 0) is 19.9 Å². The minimum Gasteiger partial charge on any atom is -0.396 e. The minimum atomic E-state index is -0.477. The largest absolute Gasteiger partial charge is 0.396 e. The van der Waals surface area contributed by atoms with Gasteiger partial charge >= 0.3 is 0 Å². The molecule has 1 aromatic rings. The quantitative estimate of drug-likeness (QED) is 0.805. The van der Waals surface area contributed by atoms with Crippen molar-refractivity contribution in [3.05, 3.63) is 15.9 Å². The Balaban J connectivity index is 3.06. The molecule has 0 saturated heterocycles. The fraction of sp³-hybridized carbons (Fsp3) is 0.786. The second-order valence-corrected chi connectivity index (χ2v) is 6.57. The highest BCUT2D eigenvalue weighted by Gasteiger charge is 2.32. The Kier molecular flexibility index (Phi) is 6.02. The molecule has 0 aliphatic heterocycles. The van der Waals surface area contributed by atoms with Gasteiger partial charge in [-0.1, -0.05) is 20.8 Å². The van der Waals surface area contributed by atoms with Gasteiger partial charge in [0.1, 0.15) is 0 Å². The topological polar surface area (TPSA) is 58.3 Å². The molecule has 0 aromatic carbocycles. The monoisotopic (exact) mass is 332 g/mol. The molecule has 0 fully saturated rings. The average molecular weight is 333 g/mol. The molecule has 1 aromatic heterocycles. The zero-order chi connectivity index (χ0) is 14.6. The van der Waals surface area contributed by atoms with Gasteiger partial charge in [-0.2, -0.15) is 5.10 Å². The lowest BCUT2D eigenvalue weighted by Crippen LogP contribution is -2.34. The molecule has 5 heteroatoms. The standard InChI is InChI=1S/C14H25BrN2O2/c1-5-11-13(15)12(17(4)16-11)7-14(8-18,9-19)6-10(2)3/h10,18-19H,5-9H2,1-4H3. The first kappa shape index (κ1) is 16.7. The fourth-order valence-electron chi connectivity index (χ4n) is 2.60. The van der Waals surface area contributed by atoms with E-state index in [1.54, 1.807) is 0 Å². The van der Waals surface area contributed by atoms with Crippen molar-refractivity contribution in [2.24, 2.45) is 18.4 Å². The van der Waals surface area contributed by atoms with Crippen LogP contribution >= 0.6 is 15.9 Å². The predicted octanol–water partition coefficient (Wildman–Crippen LogP) is 2.30. The van der Waals surface area contributed by atoms with E-state index in [4.69, 9.17) is 0 Å². The van der Waals surface area contributed by atoms with Crippen LogP contribution in [0.1, 0.15) is 38.6 Å². The maximum absolute atomic E-state index is 9.73. The maximum atomic E-state index is 9.73. The predicted molar refractivity (Wildman–Crippen MR) is 80.0 cm³/mol. The van der Waals surface area contributed by atoms with Crippen LogP contribution in [0.4, 0.5) is 0 Å². The second-order valence-electron chi connectivity index (χ2n) is 5.78. The summed E-state index contributed by atoms with van der Waals surface area (Å²) in [6, 6.07) is 0. The highest BCUT2D eigenvalue weighted by Crippen LogP contribution is 2.33. The maximum Gasteiger partial charge on any atom is 0.0766 e. The molecule has 0 aliphatic carbocycles. The minimum absolute atomic E-state index is 0.0131. The number of halogens is 1. The normalized spacial score (nSPS) is 12.4. The van der Waals surface area contributed by atoms with Gasteiger partial charge in [0, 0.05) is 18.9 Å². The molecular formula is C14H25BrN2O2. The molecule has 19 heavy (non-hydrogen) atoms. The summed E-state index contributed by atoms with van der Waals surface area (Å²) < 4.78 is 2.86. The summed E-state index contributed by atoms with van der Waals surface area (Å²) in [4.78, 5) is 0. The molecule has 1 heterocycles. The Morgan fingerprint density at radius 1 is 1.32 bits per heavy atom. The molecule has 110 valence electrons. The highest BCUT2D eigenvalue weighted by atomic mass is 79.9. The number of nitrogens with zero attached hydrogens (tertiary/aromatic N) is 2. The van der Waals surface area contributed by atoms with Gasteiger partial charge in [-0.05, 0) is 34.7 Å². The SMILES string of the molecule is CCc1nn(C)c(CC(CO)(CO)CC(C)C)c1Br. The van der Waals surface area contributed by atoms with Gasteiger partial charge in [-0.25, -0.2) is 0 Å². The lowest BCUT2D eigenvalue weighted by Gasteiger charge is -2.31. The molecule has 0 bridgehead atoms. The average Bonchev–Trinajstić information content (AvgIpc) is 2.64. The number of hydrogen-bond acceptors (Lipinski definition) is 3. The smallest absolute Gasteiger partial charge is 0.0766 e. The fourth-order valence-corrected chi connectivity index (χ4v) is 3.35. The Hall–Kier alpha value is -0.390. The van der Waals surface area contributed by atoms with E-state index in [0.29, 0.717) is 12.3 Å². The van der Waals surface area contributed by atoms with Crippen molar-refractivity contribution < 1.29 is 10.2 Å². The van der Waals surface area contributed by atoms with Crippen molar-refractivity contribution in [2.75, 3.05) is 13.2 Å². The summed E-state index contributed by atoms with van der Waals surface area (Å²) in [5, 5.41) is 23.9. The van der Waals surface area contributed by atoms with Gasteiger partial charge < -0.3 is 10.2 Å². The third-order valence-electron chi connectivity index (χ3n) is 3.56. The van der Waals surface area contributed by atoms with Crippen LogP contribution in [0.3, 0.4) is 0 Å². The molecule has 2 N–H and O–H groups in total. The number of hydrogen-bond donors (Lipinski definition) is 2. The second kappa shape index (κ2) is 6.86.